The maximum atomic E-state index is 10.4. The smallest absolute Gasteiger partial charge is 0.320 e. The van der Waals surface area contributed by atoms with Gasteiger partial charge in [-0.3, -0.25) is 4.79 Å². The van der Waals surface area contributed by atoms with Crippen LogP contribution < -0.4 is 11.5 Å². The van der Waals surface area contributed by atoms with Crippen LogP contribution in [-0.2, 0) is 4.79 Å². The first-order valence-corrected chi connectivity index (χ1v) is 3.85. The minimum absolute atomic E-state index is 0. The molecule has 0 unspecified atom stereocenters. The van der Waals surface area contributed by atoms with E-state index in [1.165, 1.54) is 0 Å². The first-order valence-electron chi connectivity index (χ1n) is 3.85. The van der Waals surface area contributed by atoms with Crippen molar-refractivity contribution in [3.05, 3.63) is 0 Å². The van der Waals surface area contributed by atoms with Gasteiger partial charge in [0.25, 0.3) is 0 Å². The highest BCUT2D eigenvalue weighted by Gasteiger charge is 2.30. The van der Waals surface area contributed by atoms with Gasteiger partial charge in [0.1, 0.15) is 6.04 Å². The third kappa shape index (κ3) is 4.13. The average Bonchev–Trinajstić information content (AvgIpc) is 2.34. The van der Waals surface area contributed by atoms with Gasteiger partial charge in [0.05, 0.1) is 0 Å². The van der Waals surface area contributed by atoms with Crippen LogP contribution in [0.25, 0.3) is 0 Å². The molecule has 3 atom stereocenters. The van der Waals surface area contributed by atoms with Crippen LogP contribution in [-0.4, -0.2) is 23.2 Å². The summed E-state index contributed by atoms with van der Waals surface area (Å²) in [4.78, 5) is 10.4. The van der Waals surface area contributed by atoms with Crippen LogP contribution in [0.1, 0.15) is 19.3 Å². The lowest BCUT2D eigenvalue weighted by molar-refractivity contribution is -0.139. The maximum absolute atomic E-state index is 10.4. The third-order valence-corrected chi connectivity index (χ3v) is 2.31. The molecule has 0 saturated heterocycles. The molecule has 0 spiro atoms. The van der Waals surface area contributed by atoms with E-state index in [1.807, 2.05) is 0 Å². The van der Waals surface area contributed by atoms with E-state index in [-0.39, 0.29) is 36.8 Å². The Morgan fingerprint density at radius 2 is 1.92 bits per heavy atom. The number of carbonyl (C=O) groups is 1. The number of hydrogen-bond donors (Lipinski definition) is 3. The number of rotatable bonds is 2. The van der Waals surface area contributed by atoms with Gasteiger partial charge >= 0.3 is 5.97 Å². The lowest BCUT2D eigenvalue weighted by Gasteiger charge is -2.13. The molecule has 1 aliphatic rings. The van der Waals surface area contributed by atoms with E-state index < -0.39 is 12.0 Å². The van der Waals surface area contributed by atoms with Gasteiger partial charge in [-0.2, -0.15) is 0 Å². The second kappa shape index (κ2) is 6.43. The topological polar surface area (TPSA) is 89.3 Å². The Labute approximate surface area is 89.9 Å². The Morgan fingerprint density at radius 1 is 1.38 bits per heavy atom. The summed E-state index contributed by atoms with van der Waals surface area (Å²) in [6, 6.07) is -0.561. The van der Waals surface area contributed by atoms with E-state index in [1.54, 1.807) is 0 Å². The largest absolute Gasteiger partial charge is 0.480 e. The predicted octanol–water partition coefficient (Wildman–Crippen LogP) is 0.369. The average molecular weight is 231 g/mol. The number of aliphatic carboxylic acids is 1. The fourth-order valence-electron chi connectivity index (χ4n) is 1.58. The van der Waals surface area contributed by atoms with Crippen molar-refractivity contribution in [2.75, 3.05) is 0 Å². The summed E-state index contributed by atoms with van der Waals surface area (Å²) in [6.07, 6.45) is 2.52. The van der Waals surface area contributed by atoms with Crippen molar-refractivity contribution in [3.8, 4) is 0 Å². The van der Waals surface area contributed by atoms with Gasteiger partial charge in [0.2, 0.25) is 0 Å². The van der Waals surface area contributed by atoms with Crippen molar-refractivity contribution in [2.24, 2.45) is 17.4 Å². The first kappa shape index (κ1) is 15.4. The fourth-order valence-corrected chi connectivity index (χ4v) is 1.58. The standard InChI is InChI=1S/C7H14N2O2.2ClH/c8-5-2-1-4(3-5)6(9)7(10)11;;/h4-6H,1-3,8-9H2,(H,10,11);2*1H/t4-,5+,6+;;/m0../s1. The van der Waals surface area contributed by atoms with E-state index in [9.17, 15) is 4.79 Å². The molecule has 4 nitrogen and oxygen atoms in total. The second-order valence-corrected chi connectivity index (χ2v) is 3.20. The second-order valence-electron chi connectivity index (χ2n) is 3.20. The van der Waals surface area contributed by atoms with Crippen molar-refractivity contribution < 1.29 is 9.90 Å². The van der Waals surface area contributed by atoms with E-state index >= 15 is 0 Å². The summed E-state index contributed by atoms with van der Waals surface area (Å²) in [7, 11) is 0. The molecule has 0 aromatic rings. The quantitative estimate of drug-likeness (QED) is 0.640. The van der Waals surface area contributed by atoms with Crippen LogP contribution in [0.5, 0.6) is 0 Å². The molecule has 0 amide bonds. The van der Waals surface area contributed by atoms with Crippen LogP contribution in [0.15, 0.2) is 0 Å². The molecular formula is C7H16Cl2N2O2. The van der Waals surface area contributed by atoms with Crippen molar-refractivity contribution in [3.63, 3.8) is 0 Å². The third-order valence-electron chi connectivity index (χ3n) is 2.31. The van der Waals surface area contributed by atoms with E-state index in [4.69, 9.17) is 16.6 Å². The van der Waals surface area contributed by atoms with Crippen molar-refractivity contribution >= 4 is 30.8 Å². The summed E-state index contributed by atoms with van der Waals surface area (Å²) in [5.74, 6) is -0.827. The minimum Gasteiger partial charge on any atom is -0.480 e. The van der Waals surface area contributed by atoms with Crippen LogP contribution >= 0.6 is 24.8 Å². The zero-order valence-electron chi connectivity index (χ0n) is 7.18. The summed E-state index contributed by atoms with van der Waals surface area (Å²) in [5.41, 5.74) is 11.0. The van der Waals surface area contributed by atoms with Crippen molar-refractivity contribution in [1.29, 1.82) is 0 Å². The van der Waals surface area contributed by atoms with Crippen LogP contribution in [0.2, 0.25) is 0 Å². The minimum atomic E-state index is -0.913. The van der Waals surface area contributed by atoms with Gasteiger partial charge in [0.15, 0.2) is 0 Å². The van der Waals surface area contributed by atoms with E-state index in [2.05, 4.69) is 0 Å². The molecule has 5 N–H and O–H groups in total. The molecular weight excluding hydrogens is 215 g/mol. The van der Waals surface area contributed by atoms with Crippen molar-refractivity contribution in [2.45, 2.75) is 31.3 Å². The molecule has 1 aliphatic carbocycles. The molecule has 0 aromatic carbocycles. The van der Waals surface area contributed by atoms with Gasteiger partial charge in [-0.15, -0.1) is 24.8 Å². The lowest BCUT2D eigenvalue weighted by atomic mass is 9.99. The maximum Gasteiger partial charge on any atom is 0.320 e. The highest BCUT2D eigenvalue weighted by atomic mass is 35.5. The Kier molecular flexibility index (Phi) is 7.64. The zero-order chi connectivity index (χ0) is 8.43. The van der Waals surface area contributed by atoms with Gasteiger partial charge in [-0.05, 0) is 25.2 Å². The van der Waals surface area contributed by atoms with Crippen LogP contribution in [0, 0.1) is 5.92 Å². The molecule has 1 saturated carbocycles. The lowest BCUT2D eigenvalue weighted by Crippen LogP contribution is -2.37. The molecule has 0 aliphatic heterocycles. The van der Waals surface area contributed by atoms with Gasteiger partial charge in [-0.25, -0.2) is 0 Å². The normalized spacial score (nSPS) is 28.5. The summed E-state index contributed by atoms with van der Waals surface area (Å²) in [5, 5.41) is 8.56. The molecule has 0 aromatic heterocycles. The Balaban J connectivity index is 0. The summed E-state index contributed by atoms with van der Waals surface area (Å²) >= 11 is 0. The molecule has 6 heteroatoms. The molecule has 13 heavy (non-hydrogen) atoms. The Bertz CT molecular complexity index is 169. The van der Waals surface area contributed by atoms with Gasteiger partial charge in [-0.1, -0.05) is 0 Å². The van der Waals surface area contributed by atoms with E-state index in [0.29, 0.717) is 0 Å². The molecule has 1 fully saturated rings. The molecule has 80 valence electrons. The van der Waals surface area contributed by atoms with Gasteiger partial charge < -0.3 is 16.6 Å². The Morgan fingerprint density at radius 3 is 2.23 bits per heavy atom. The number of halogens is 2. The molecule has 0 heterocycles. The summed E-state index contributed by atoms with van der Waals surface area (Å²) < 4.78 is 0. The van der Waals surface area contributed by atoms with Crippen LogP contribution in [0.4, 0.5) is 0 Å². The number of nitrogens with two attached hydrogens (primary N) is 2. The zero-order valence-corrected chi connectivity index (χ0v) is 8.81. The molecule has 1 rings (SSSR count). The van der Waals surface area contributed by atoms with E-state index in [0.717, 1.165) is 19.3 Å². The summed E-state index contributed by atoms with van der Waals surface area (Å²) in [6.45, 7) is 0. The number of carboxylic acid groups (broad SMARTS) is 1. The Hall–Kier alpha value is -0.0300. The highest BCUT2D eigenvalue weighted by molar-refractivity contribution is 5.85. The van der Waals surface area contributed by atoms with Crippen molar-refractivity contribution in [1.82, 2.24) is 0 Å². The monoisotopic (exact) mass is 230 g/mol. The van der Waals surface area contributed by atoms with Gasteiger partial charge in [0, 0.05) is 6.04 Å². The molecule has 0 radical (unpaired) electrons. The predicted molar refractivity (Wildman–Crippen MR) is 55.4 cm³/mol. The number of carboxylic acids is 1. The highest BCUT2D eigenvalue weighted by Crippen LogP contribution is 2.26. The fraction of sp³-hybridized carbons (Fsp3) is 0.857. The first-order chi connectivity index (χ1) is 5.11. The number of hydrogen-bond acceptors (Lipinski definition) is 3. The molecule has 0 bridgehead atoms. The van der Waals surface area contributed by atoms with Crippen LogP contribution in [0.3, 0.4) is 0 Å². The SMILES string of the molecule is Cl.Cl.N[C@@H]1CC[C@H]([C@@H](N)C(=O)O)C1.